The summed E-state index contributed by atoms with van der Waals surface area (Å²) in [7, 11) is 0. The summed E-state index contributed by atoms with van der Waals surface area (Å²) in [6.45, 7) is 13.9. The van der Waals surface area contributed by atoms with Gasteiger partial charge in [0.05, 0.1) is 12.6 Å². The maximum absolute atomic E-state index is 14.8. The van der Waals surface area contributed by atoms with Gasteiger partial charge in [0.25, 0.3) is 11.8 Å². The van der Waals surface area contributed by atoms with Gasteiger partial charge in [0.15, 0.2) is 5.82 Å². The molecule has 1 spiro atoms. The first-order valence-electron chi connectivity index (χ1n) is 16.8. The van der Waals surface area contributed by atoms with Crippen LogP contribution in [0, 0.1) is 16.7 Å². The largest absolute Gasteiger partial charge is 0.345 e. The summed E-state index contributed by atoms with van der Waals surface area (Å²) in [5, 5.41) is 16.6. The second-order valence-corrected chi connectivity index (χ2v) is 15.8. The fourth-order valence-electron chi connectivity index (χ4n) is 7.15. The predicted octanol–water partition coefficient (Wildman–Crippen LogP) is 6.53. The molecule has 2 saturated carbocycles. The van der Waals surface area contributed by atoms with Crippen LogP contribution in [0.15, 0.2) is 47.7 Å². The number of amides is 2. The van der Waals surface area contributed by atoms with Gasteiger partial charge in [-0.05, 0) is 103 Å². The van der Waals surface area contributed by atoms with Crippen LogP contribution >= 0.6 is 0 Å². The molecule has 244 valence electrons. The maximum Gasteiger partial charge on any atom is 0.275 e. The summed E-state index contributed by atoms with van der Waals surface area (Å²) in [5.74, 6) is 1.31. The molecule has 10 heteroatoms. The minimum absolute atomic E-state index is 0.00945. The molecule has 2 N–H and O–H groups in total. The molecular formula is C36H48N8O2. The highest BCUT2D eigenvalue weighted by molar-refractivity contribution is 6.46. The molecule has 3 heterocycles. The third kappa shape index (κ3) is 6.90. The van der Waals surface area contributed by atoms with Crippen molar-refractivity contribution in [1.82, 2.24) is 35.8 Å². The molecule has 0 saturated heterocycles. The number of rotatable bonds is 9. The monoisotopic (exact) mass is 624 g/mol. The Bertz CT molecular complexity index is 1570. The van der Waals surface area contributed by atoms with Gasteiger partial charge in [-0.3, -0.25) is 19.6 Å². The van der Waals surface area contributed by atoms with Crippen LogP contribution < -0.4 is 5.32 Å². The second kappa shape index (κ2) is 12.3. The van der Waals surface area contributed by atoms with Crippen LogP contribution in [0.3, 0.4) is 0 Å². The highest BCUT2D eigenvalue weighted by Crippen LogP contribution is 2.50. The first-order chi connectivity index (χ1) is 21.8. The van der Waals surface area contributed by atoms with Crippen molar-refractivity contribution in [2.45, 2.75) is 117 Å². The number of aromatic nitrogens is 5. The Morgan fingerprint density at radius 1 is 1.04 bits per heavy atom. The lowest BCUT2D eigenvalue weighted by molar-refractivity contribution is -0.134. The summed E-state index contributed by atoms with van der Waals surface area (Å²) in [6, 6.07) is 9.66. The van der Waals surface area contributed by atoms with Crippen LogP contribution in [0.1, 0.15) is 138 Å². The fourth-order valence-corrected chi connectivity index (χ4v) is 7.15. The predicted molar refractivity (Wildman–Crippen MR) is 177 cm³/mol. The van der Waals surface area contributed by atoms with Gasteiger partial charge in [-0.1, -0.05) is 58.9 Å². The Labute approximate surface area is 272 Å². The van der Waals surface area contributed by atoms with E-state index >= 15 is 0 Å². The fraction of sp³-hybridized carbons (Fsp3) is 0.583. The highest BCUT2D eigenvalue weighted by atomic mass is 16.2. The summed E-state index contributed by atoms with van der Waals surface area (Å²) in [5.41, 5.74) is 3.82. The van der Waals surface area contributed by atoms with E-state index in [1.165, 1.54) is 18.4 Å². The summed E-state index contributed by atoms with van der Waals surface area (Å²) >= 11 is 0. The smallest absolute Gasteiger partial charge is 0.275 e. The van der Waals surface area contributed by atoms with Gasteiger partial charge >= 0.3 is 0 Å². The van der Waals surface area contributed by atoms with Gasteiger partial charge in [-0.25, -0.2) is 0 Å². The molecule has 2 fully saturated rings. The van der Waals surface area contributed by atoms with Crippen LogP contribution in [0.25, 0.3) is 0 Å². The van der Waals surface area contributed by atoms with Crippen LogP contribution in [0.2, 0.25) is 0 Å². The first kappa shape index (κ1) is 32.0. The summed E-state index contributed by atoms with van der Waals surface area (Å²) in [6.07, 6.45) is 11.6. The van der Waals surface area contributed by atoms with Crippen molar-refractivity contribution in [1.29, 1.82) is 0 Å². The zero-order valence-electron chi connectivity index (χ0n) is 28.1. The molecule has 46 heavy (non-hydrogen) atoms. The number of aliphatic imine (C=N–C) groups is 1. The summed E-state index contributed by atoms with van der Waals surface area (Å²) < 4.78 is 0. The van der Waals surface area contributed by atoms with Gasteiger partial charge < -0.3 is 10.2 Å². The Hall–Kier alpha value is -3.95. The lowest BCUT2D eigenvalue weighted by atomic mass is 9.69. The van der Waals surface area contributed by atoms with Crippen LogP contribution in [-0.4, -0.2) is 53.7 Å². The van der Waals surface area contributed by atoms with E-state index in [1.807, 2.05) is 36.7 Å². The van der Waals surface area contributed by atoms with Crippen molar-refractivity contribution in [2.24, 2.45) is 21.7 Å². The minimum atomic E-state index is -0.604. The SMILES string of the molecule is CC(C)(C)CCC(c1ccc(C(=O)NCc2nn[nH]n2)cc1)N1C(=O)C(c2cncc(C3CC3)c2)=NC12CCC(C(C)(C)C)CC2. The number of nitrogens with one attached hydrogen (secondary N) is 2. The number of pyridine rings is 1. The minimum Gasteiger partial charge on any atom is -0.345 e. The van der Waals surface area contributed by atoms with Crippen molar-refractivity contribution in [3.8, 4) is 0 Å². The third-order valence-corrected chi connectivity index (χ3v) is 10.1. The maximum atomic E-state index is 14.8. The molecule has 2 amide bonds. The number of carbonyl (C=O) groups is 2. The molecule has 6 rings (SSSR count). The molecule has 1 aliphatic heterocycles. The standard InChI is InChI=1S/C36H48N8O2/c1-34(2,3)16-15-29(24-9-11-25(12-10-24)32(45)38-22-30-40-42-43-41-30)44-33(46)31(27-19-26(20-37-21-27)23-7-8-23)39-36(44)17-13-28(14-18-36)35(4,5)6/h9-12,19-21,23,28-29H,7-8,13-18,22H2,1-6H3,(H,38,45)(H,40,41,42,43). The number of H-pyrrole nitrogens is 1. The Balaban J connectivity index is 1.34. The Kier molecular flexibility index (Phi) is 8.59. The van der Waals surface area contributed by atoms with Gasteiger partial charge in [0.2, 0.25) is 0 Å². The summed E-state index contributed by atoms with van der Waals surface area (Å²) in [4.78, 5) is 39.8. The van der Waals surface area contributed by atoms with Gasteiger partial charge in [-0.2, -0.15) is 5.21 Å². The second-order valence-electron chi connectivity index (χ2n) is 15.8. The van der Waals surface area contributed by atoms with E-state index in [2.05, 4.69) is 83.4 Å². The molecule has 1 atom stereocenters. The molecule has 2 aromatic heterocycles. The van der Waals surface area contributed by atoms with E-state index in [4.69, 9.17) is 4.99 Å². The van der Waals surface area contributed by atoms with Crippen LogP contribution in [0.5, 0.6) is 0 Å². The van der Waals surface area contributed by atoms with Gasteiger partial charge in [-0.15, -0.1) is 10.2 Å². The van der Waals surface area contributed by atoms with Crippen LogP contribution in [-0.2, 0) is 11.3 Å². The van der Waals surface area contributed by atoms with Crippen molar-refractivity contribution < 1.29 is 9.59 Å². The molecule has 0 bridgehead atoms. The van der Waals surface area contributed by atoms with Crippen molar-refractivity contribution in [2.75, 3.05) is 0 Å². The topological polar surface area (TPSA) is 129 Å². The molecule has 10 nitrogen and oxygen atoms in total. The normalized spacial score (nSPS) is 22.7. The van der Waals surface area contributed by atoms with Crippen molar-refractivity contribution >= 4 is 17.5 Å². The first-order valence-corrected chi connectivity index (χ1v) is 16.8. The molecular weight excluding hydrogens is 576 g/mol. The van der Waals surface area contributed by atoms with Gasteiger partial charge in [0.1, 0.15) is 11.4 Å². The van der Waals surface area contributed by atoms with E-state index in [9.17, 15) is 9.59 Å². The highest BCUT2D eigenvalue weighted by Gasteiger charge is 2.53. The number of tetrazole rings is 1. The number of hydrogen-bond donors (Lipinski definition) is 2. The molecule has 1 unspecified atom stereocenters. The lowest BCUT2D eigenvalue weighted by Gasteiger charge is -2.47. The van der Waals surface area contributed by atoms with E-state index in [1.54, 1.807) is 0 Å². The molecule has 2 aliphatic carbocycles. The van der Waals surface area contributed by atoms with Crippen molar-refractivity contribution in [3.63, 3.8) is 0 Å². The Morgan fingerprint density at radius 2 is 1.76 bits per heavy atom. The number of carbonyl (C=O) groups excluding carboxylic acids is 2. The average Bonchev–Trinajstić information content (AvgIpc) is 3.67. The zero-order valence-corrected chi connectivity index (χ0v) is 28.1. The number of aromatic amines is 1. The lowest BCUT2D eigenvalue weighted by Crippen LogP contribution is -2.51. The van der Waals surface area contributed by atoms with E-state index in [0.717, 1.165) is 49.7 Å². The average molecular weight is 625 g/mol. The van der Waals surface area contributed by atoms with Gasteiger partial charge in [0, 0.05) is 23.5 Å². The number of hydrogen-bond acceptors (Lipinski definition) is 7. The number of nitrogens with zero attached hydrogens (tertiary/aromatic N) is 6. The van der Waals surface area contributed by atoms with E-state index in [-0.39, 0.29) is 35.2 Å². The molecule has 3 aliphatic rings. The van der Waals surface area contributed by atoms with E-state index < -0.39 is 5.66 Å². The molecule has 1 aromatic carbocycles. The number of benzene rings is 1. The quantitative estimate of drug-likeness (QED) is 0.278. The van der Waals surface area contributed by atoms with E-state index in [0.29, 0.717) is 28.9 Å². The van der Waals surface area contributed by atoms with Crippen LogP contribution in [0.4, 0.5) is 0 Å². The molecule has 0 radical (unpaired) electrons. The van der Waals surface area contributed by atoms with Crippen molar-refractivity contribution in [3.05, 3.63) is 70.8 Å². The zero-order chi connectivity index (χ0) is 32.7. The Morgan fingerprint density at radius 3 is 2.37 bits per heavy atom. The molecule has 3 aromatic rings. The third-order valence-electron chi connectivity index (χ3n) is 10.1.